The molecule has 2 N–H and O–H groups in total. The van der Waals surface area contributed by atoms with Gasteiger partial charge in [-0.05, 0) is 67.1 Å². The zero-order valence-corrected chi connectivity index (χ0v) is 20.9. The van der Waals surface area contributed by atoms with Crippen LogP contribution in [0.25, 0.3) is 6.08 Å². The summed E-state index contributed by atoms with van der Waals surface area (Å²) in [5, 5.41) is 4.93. The molecule has 38 heavy (non-hydrogen) atoms. The molecular weight excluding hydrogens is 490 g/mol. The maximum absolute atomic E-state index is 13.3. The van der Waals surface area contributed by atoms with Gasteiger partial charge in [-0.25, -0.2) is 9.69 Å². The van der Waals surface area contributed by atoms with Gasteiger partial charge in [0.25, 0.3) is 17.7 Å². The van der Waals surface area contributed by atoms with Crippen molar-refractivity contribution >= 4 is 41.2 Å². The maximum atomic E-state index is 13.3. The number of imide groups is 2. The second-order valence-corrected chi connectivity index (χ2v) is 8.27. The van der Waals surface area contributed by atoms with Crippen LogP contribution in [0.4, 0.5) is 16.2 Å². The number of barbiturate groups is 1. The van der Waals surface area contributed by atoms with Crippen molar-refractivity contribution in [3.05, 3.63) is 83.4 Å². The number of nitrogens with one attached hydrogen (secondary N) is 2. The van der Waals surface area contributed by atoms with E-state index in [1.165, 1.54) is 38.5 Å². The maximum Gasteiger partial charge on any atom is 0.335 e. The number of anilines is 2. The third-order valence-corrected chi connectivity index (χ3v) is 5.61. The molecule has 194 valence electrons. The number of hydrogen-bond donors (Lipinski definition) is 2. The summed E-state index contributed by atoms with van der Waals surface area (Å²) >= 11 is 0. The zero-order chi connectivity index (χ0) is 27.2. The number of benzene rings is 3. The molecule has 1 fully saturated rings. The summed E-state index contributed by atoms with van der Waals surface area (Å²) in [5.74, 6) is -0.899. The van der Waals surface area contributed by atoms with Gasteiger partial charge in [0.2, 0.25) is 0 Å². The Bertz CT molecular complexity index is 1430. The molecule has 0 saturated carbocycles. The lowest BCUT2D eigenvalue weighted by Gasteiger charge is -2.26. The molecule has 0 spiro atoms. The minimum atomic E-state index is -0.874. The van der Waals surface area contributed by atoms with E-state index in [4.69, 9.17) is 14.2 Å². The van der Waals surface area contributed by atoms with Crippen molar-refractivity contribution in [1.29, 1.82) is 0 Å². The van der Waals surface area contributed by atoms with Crippen molar-refractivity contribution in [3.63, 3.8) is 0 Å². The largest absolute Gasteiger partial charge is 0.497 e. The molecule has 1 heterocycles. The minimum Gasteiger partial charge on any atom is -0.497 e. The fourth-order valence-corrected chi connectivity index (χ4v) is 3.73. The van der Waals surface area contributed by atoms with Crippen molar-refractivity contribution in [3.8, 4) is 17.2 Å². The van der Waals surface area contributed by atoms with Crippen LogP contribution in [0.2, 0.25) is 0 Å². The molecule has 1 aliphatic rings. The molecule has 10 heteroatoms. The van der Waals surface area contributed by atoms with Crippen LogP contribution >= 0.6 is 0 Å². The van der Waals surface area contributed by atoms with Crippen molar-refractivity contribution < 1.29 is 33.4 Å². The Morgan fingerprint density at radius 3 is 2.34 bits per heavy atom. The van der Waals surface area contributed by atoms with Gasteiger partial charge in [-0.3, -0.25) is 19.7 Å². The molecular formula is C28H25N3O7. The van der Waals surface area contributed by atoms with Gasteiger partial charge in [-0.15, -0.1) is 0 Å². The number of ether oxygens (including phenoxy) is 3. The monoisotopic (exact) mass is 515 g/mol. The van der Waals surface area contributed by atoms with Crippen LogP contribution < -0.4 is 29.7 Å². The van der Waals surface area contributed by atoms with Crippen LogP contribution in [0, 0.1) is 6.92 Å². The first-order valence-electron chi connectivity index (χ1n) is 11.5. The second kappa shape index (κ2) is 11.3. The summed E-state index contributed by atoms with van der Waals surface area (Å²) < 4.78 is 16.1. The highest BCUT2D eigenvalue weighted by atomic mass is 16.5. The minimum absolute atomic E-state index is 0.199. The molecule has 3 aromatic rings. The molecule has 0 radical (unpaired) electrons. The van der Waals surface area contributed by atoms with Crippen LogP contribution in [0.5, 0.6) is 17.2 Å². The number of nitrogens with zero attached hydrogens (tertiary/aromatic N) is 1. The molecule has 3 aromatic carbocycles. The quantitative estimate of drug-likeness (QED) is 0.346. The summed E-state index contributed by atoms with van der Waals surface area (Å²) in [6, 6.07) is 17.4. The molecule has 4 rings (SSSR count). The lowest BCUT2D eigenvalue weighted by molar-refractivity contribution is -0.122. The van der Waals surface area contributed by atoms with Crippen molar-refractivity contribution in [2.24, 2.45) is 0 Å². The van der Waals surface area contributed by atoms with Crippen LogP contribution in [0.3, 0.4) is 0 Å². The summed E-state index contributed by atoms with van der Waals surface area (Å²) in [7, 11) is 2.96. The Morgan fingerprint density at radius 1 is 0.947 bits per heavy atom. The second-order valence-electron chi connectivity index (χ2n) is 8.27. The Labute approximate surface area is 218 Å². The summed E-state index contributed by atoms with van der Waals surface area (Å²) in [6.45, 7) is 1.57. The van der Waals surface area contributed by atoms with E-state index in [9.17, 15) is 19.2 Å². The highest BCUT2D eigenvalue weighted by Crippen LogP contribution is 2.29. The third-order valence-electron chi connectivity index (χ3n) is 5.61. The smallest absolute Gasteiger partial charge is 0.335 e. The van der Waals surface area contributed by atoms with E-state index in [-0.39, 0.29) is 23.6 Å². The average molecular weight is 516 g/mol. The molecule has 0 aromatic heterocycles. The van der Waals surface area contributed by atoms with E-state index in [1.54, 1.807) is 30.3 Å². The standard InChI is InChI=1S/C28H25N3O7/c1-17-5-4-6-19(13-17)29-25(32)16-38-24-15-22(37-3)10-7-18(24)14-23-26(33)30-28(35)31(27(23)34)20-8-11-21(36-2)12-9-20/h4-15H,16H2,1-3H3,(H,29,32)(H,30,33,35)/b23-14+. The van der Waals surface area contributed by atoms with E-state index in [2.05, 4.69) is 10.6 Å². The van der Waals surface area contributed by atoms with Crippen LogP contribution in [0.15, 0.2) is 72.3 Å². The molecule has 0 unspecified atom stereocenters. The topological polar surface area (TPSA) is 123 Å². The van der Waals surface area contributed by atoms with E-state index in [1.807, 2.05) is 25.1 Å². The fourth-order valence-electron chi connectivity index (χ4n) is 3.73. The van der Waals surface area contributed by atoms with Crippen LogP contribution in [0.1, 0.15) is 11.1 Å². The normalized spacial score (nSPS) is 14.2. The molecule has 10 nitrogen and oxygen atoms in total. The van der Waals surface area contributed by atoms with Gasteiger partial charge in [0, 0.05) is 17.3 Å². The zero-order valence-electron chi connectivity index (χ0n) is 20.9. The number of carbonyl (C=O) groups is 4. The lowest BCUT2D eigenvalue weighted by Crippen LogP contribution is -2.54. The van der Waals surface area contributed by atoms with Gasteiger partial charge < -0.3 is 19.5 Å². The molecule has 0 atom stereocenters. The van der Waals surface area contributed by atoms with Gasteiger partial charge in [0.15, 0.2) is 6.61 Å². The van der Waals surface area contributed by atoms with Gasteiger partial charge in [-0.2, -0.15) is 0 Å². The summed E-state index contributed by atoms with van der Waals surface area (Å²) in [6.07, 6.45) is 1.30. The highest BCUT2D eigenvalue weighted by molar-refractivity contribution is 6.39. The van der Waals surface area contributed by atoms with Gasteiger partial charge in [-0.1, -0.05) is 12.1 Å². The van der Waals surface area contributed by atoms with Gasteiger partial charge in [0.1, 0.15) is 22.8 Å². The number of rotatable bonds is 8. The number of hydrogen-bond acceptors (Lipinski definition) is 7. The SMILES string of the molecule is COc1ccc(N2C(=O)NC(=O)/C(=C\c3ccc(OC)cc3OCC(=O)Nc3cccc(C)c3)C2=O)cc1. The summed E-state index contributed by atoms with van der Waals surface area (Å²) in [4.78, 5) is 51.7. The number of carbonyl (C=O) groups excluding carboxylic acids is 4. The predicted molar refractivity (Wildman–Crippen MR) is 140 cm³/mol. The van der Waals surface area contributed by atoms with E-state index in [0.717, 1.165) is 10.5 Å². The van der Waals surface area contributed by atoms with E-state index < -0.39 is 23.8 Å². The number of amides is 5. The van der Waals surface area contributed by atoms with Gasteiger partial charge in [0.05, 0.1) is 19.9 Å². The van der Waals surface area contributed by atoms with Crippen molar-refractivity contribution in [1.82, 2.24) is 5.32 Å². The average Bonchev–Trinajstić information content (AvgIpc) is 2.90. The summed E-state index contributed by atoms with van der Waals surface area (Å²) in [5.41, 5.74) is 1.91. The Hall–Kier alpha value is -5.12. The first-order chi connectivity index (χ1) is 18.3. The van der Waals surface area contributed by atoms with Crippen molar-refractivity contribution in [2.75, 3.05) is 31.0 Å². The molecule has 0 bridgehead atoms. The Morgan fingerprint density at radius 2 is 1.66 bits per heavy atom. The first-order valence-corrected chi connectivity index (χ1v) is 11.5. The Kier molecular flexibility index (Phi) is 7.72. The van der Waals surface area contributed by atoms with E-state index in [0.29, 0.717) is 22.7 Å². The molecule has 0 aliphatic carbocycles. The fraction of sp³-hybridized carbons (Fsp3) is 0.143. The van der Waals surface area contributed by atoms with E-state index >= 15 is 0 Å². The molecule has 1 aliphatic heterocycles. The third kappa shape index (κ3) is 5.81. The Balaban J connectivity index is 1.59. The number of methoxy groups -OCH3 is 2. The number of urea groups is 1. The highest BCUT2D eigenvalue weighted by Gasteiger charge is 2.37. The molecule has 1 saturated heterocycles. The van der Waals surface area contributed by atoms with Crippen LogP contribution in [-0.2, 0) is 14.4 Å². The predicted octanol–water partition coefficient (Wildman–Crippen LogP) is 3.70. The molecule has 5 amide bonds. The lowest BCUT2D eigenvalue weighted by atomic mass is 10.1. The number of aryl methyl sites for hydroxylation is 1. The van der Waals surface area contributed by atoms with Crippen LogP contribution in [-0.4, -0.2) is 44.6 Å². The van der Waals surface area contributed by atoms with Gasteiger partial charge >= 0.3 is 6.03 Å². The van der Waals surface area contributed by atoms with Crippen molar-refractivity contribution in [2.45, 2.75) is 6.92 Å². The first kappa shape index (κ1) is 26.0.